The largest absolute Gasteiger partial charge is 0.435 e. The molecule has 0 amide bonds. The maximum atomic E-state index is 13.6. The Balaban J connectivity index is 2.32. The maximum Gasteiger partial charge on any atom is 0.233 e. The van der Waals surface area contributed by atoms with Crippen molar-refractivity contribution in [1.29, 1.82) is 5.26 Å². The highest BCUT2D eigenvalue weighted by molar-refractivity contribution is 9.10. The molecule has 0 bridgehead atoms. The molecular formula is C12H7BrFN3O. The van der Waals surface area contributed by atoms with Crippen LogP contribution in [0.3, 0.4) is 0 Å². The fraction of sp³-hybridized carbons (Fsp3) is 0. The number of halogens is 2. The number of aromatic nitrogens is 1. The van der Waals surface area contributed by atoms with Gasteiger partial charge in [-0.3, -0.25) is 0 Å². The van der Waals surface area contributed by atoms with E-state index in [2.05, 4.69) is 20.9 Å². The summed E-state index contributed by atoms with van der Waals surface area (Å²) in [4.78, 5) is 3.93. The highest BCUT2D eigenvalue weighted by Gasteiger charge is 2.09. The third-order valence-corrected chi connectivity index (χ3v) is 2.66. The first-order chi connectivity index (χ1) is 8.60. The van der Waals surface area contributed by atoms with Gasteiger partial charge in [0.1, 0.15) is 0 Å². The Morgan fingerprint density at radius 2 is 2.17 bits per heavy atom. The van der Waals surface area contributed by atoms with Crippen molar-refractivity contribution in [3.63, 3.8) is 0 Å². The molecule has 0 unspecified atom stereocenters. The van der Waals surface area contributed by atoms with E-state index in [9.17, 15) is 4.39 Å². The molecule has 1 aromatic carbocycles. The van der Waals surface area contributed by atoms with Crippen LogP contribution in [-0.2, 0) is 0 Å². The number of nitriles is 1. The molecule has 0 aliphatic carbocycles. The van der Waals surface area contributed by atoms with Crippen LogP contribution in [0.25, 0.3) is 0 Å². The lowest BCUT2D eigenvalue weighted by Crippen LogP contribution is -1.94. The van der Waals surface area contributed by atoms with E-state index < -0.39 is 5.82 Å². The maximum absolute atomic E-state index is 13.6. The van der Waals surface area contributed by atoms with Crippen molar-refractivity contribution < 1.29 is 9.13 Å². The van der Waals surface area contributed by atoms with Gasteiger partial charge in [-0.15, -0.1) is 0 Å². The Hall–Kier alpha value is -2.13. The quantitative estimate of drug-likeness (QED) is 0.924. The molecule has 1 heterocycles. The van der Waals surface area contributed by atoms with Crippen molar-refractivity contribution >= 4 is 21.6 Å². The number of anilines is 1. The number of benzene rings is 1. The van der Waals surface area contributed by atoms with E-state index in [4.69, 9.17) is 15.7 Å². The van der Waals surface area contributed by atoms with E-state index in [0.29, 0.717) is 10.2 Å². The first-order valence-electron chi connectivity index (χ1n) is 4.88. The predicted molar refractivity (Wildman–Crippen MR) is 67.5 cm³/mol. The van der Waals surface area contributed by atoms with Gasteiger partial charge in [0.25, 0.3) is 0 Å². The summed E-state index contributed by atoms with van der Waals surface area (Å²) in [6, 6.07) is 7.37. The molecule has 2 aromatic rings. The summed E-state index contributed by atoms with van der Waals surface area (Å²) in [5.41, 5.74) is 6.22. The van der Waals surface area contributed by atoms with Crippen molar-refractivity contribution in [3.05, 3.63) is 46.3 Å². The summed E-state index contributed by atoms with van der Waals surface area (Å²) in [5, 5.41) is 8.63. The van der Waals surface area contributed by atoms with Crippen molar-refractivity contribution in [1.82, 2.24) is 4.98 Å². The minimum Gasteiger partial charge on any atom is -0.435 e. The number of nitrogens with zero attached hydrogens (tertiary/aromatic N) is 2. The molecule has 0 saturated heterocycles. The molecule has 0 aliphatic rings. The van der Waals surface area contributed by atoms with Crippen LogP contribution in [0.2, 0.25) is 0 Å². The van der Waals surface area contributed by atoms with Gasteiger partial charge < -0.3 is 10.5 Å². The lowest BCUT2D eigenvalue weighted by Gasteiger charge is -2.07. The number of hydrogen-bond acceptors (Lipinski definition) is 4. The SMILES string of the molecule is N#Cc1ccc(Oc2ncc(N)cc2Br)c(F)c1. The summed E-state index contributed by atoms with van der Waals surface area (Å²) in [6.45, 7) is 0. The molecule has 0 atom stereocenters. The monoisotopic (exact) mass is 307 g/mol. The molecule has 0 aliphatic heterocycles. The Kier molecular flexibility index (Phi) is 3.44. The van der Waals surface area contributed by atoms with Crippen molar-refractivity contribution in [2.24, 2.45) is 0 Å². The van der Waals surface area contributed by atoms with Crippen molar-refractivity contribution in [2.45, 2.75) is 0 Å². The Labute approximate surface area is 111 Å². The van der Waals surface area contributed by atoms with Crippen LogP contribution in [0.5, 0.6) is 11.6 Å². The fourth-order valence-corrected chi connectivity index (χ4v) is 1.72. The number of nitrogen functional groups attached to an aromatic ring is 1. The van der Waals surface area contributed by atoms with Crippen molar-refractivity contribution in [3.8, 4) is 17.7 Å². The number of rotatable bonds is 2. The third kappa shape index (κ3) is 2.57. The van der Waals surface area contributed by atoms with Gasteiger partial charge in [0.15, 0.2) is 11.6 Å². The second-order valence-electron chi connectivity index (χ2n) is 3.41. The van der Waals surface area contributed by atoms with Gasteiger partial charge in [-0.2, -0.15) is 5.26 Å². The van der Waals surface area contributed by atoms with Gasteiger partial charge in [-0.25, -0.2) is 9.37 Å². The smallest absolute Gasteiger partial charge is 0.233 e. The first-order valence-corrected chi connectivity index (χ1v) is 5.68. The van der Waals surface area contributed by atoms with Gasteiger partial charge in [-0.1, -0.05) is 0 Å². The fourth-order valence-electron chi connectivity index (χ4n) is 1.27. The molecule has 0 fully saturated rings. The van der Waals surface area contributed by atoms with Crippen LogP contribution in [0.15, 0.2) is 34.9 Å². The average molecular weight is 308 g/mol. The molecule has 18 heavy (non-hydrogen) atoms. The van der Waals surface area contributed by atoms with Crippen molar-refractivity contribution in [2.75, 3.05) is 5.73 Å². The summed E-state index contributed by atoms with van der Waals surface area (Å²) < 4.78 is 19.4. The molecule has 0 spiro atoms. The minimum absolute atomic E-state index is 0.00743. The Bertz CT molecular complexity index is 640. The molecule has 2 N–H and O–H groups in total. The van der Waals surface area contributed by atoms with E-state index in [1.54, 1.807) is 6.07 Å². The van der Waals surface area contributed by atoms with Crippen LogP contribution in [-0.4, -0.2) is 4.98 Å². The third-order valence-electron chi connectivity index (χ3n) is 2.10. The predicted octanol–water partition coefficient (Wildman–Crippen LogP) is 3.23. The Morgan fingerprint density at radius 1 is 1.39 bits per heavy atom. The zero-order chi connectivity index (χ0) is 13.1. The highest BCUT2D eigenvalue weighted by Crippen LogP contribution is 2.30. The second kappa shape index (κ2) is 5.02. The number of hydrogen-bond donors (Lipinski definition) is 1. The van der Waals surface area contributed by atoms with Crippen LogP contribution in [0.4, 0.5) is 10.1 Å². The topological polar surface area (TPSA) is 71.9 Å². The molecule has 1 aromatic heterocycles. The molecule has 4 nitrogen and oxygen atoms in total. The van der Waals surface area contributed by atoms with Crippen LogP contribution in [0.1, 0.15) is 5.56 Å². The van der Waals surface area contributed by atoms with E-state index in [1.165, 1.54) is 18.3 Å². The van der Waals surface area contributed by atoms with Gasteiger partial charge in [0.2, 0.25) is 5.88 Å². The first kappa shape index (κ1) is 12.3. The van der Waals surface area contributed by atoms with Crippen LogP contribution < -0.4 is 10.5 Å². The lowest BCUT2D eigenvalue weighted by atomic mass is 10.2. The van der Waals surface area contributed by atoms with Gasteiger partial charge >= 0.3 is 0 Å². The second-order valence-corrected chi connectivity index (χ2v) is 4.27. The zero-order valence-electron chi connectivity index (χ0n) is 9.02. The average Bonchev–Trinajstić information content (AvgIpc) is 2.34. The van der Waals surface area contributed by atoms with Gasteiger partial charge in [-0.05, 0) is 40.2 Å². The lowest BCUT2D eigenvalue weighted by molar-refractivity contribution is 0.425. The molecule has 6 heteroatoms. The molecule has 2 rings (SSSR count). The van der Waals surface area contributed by atoms with Crippen LogP contribution >= 0.6 is 15.9 Å². The van der Waals surface area contributed by atoms with Gasteiger partial charge in [0.05, 0.1) is 28.0 Å². The highest BCUT2D eigenvalue weighted by atomic mass is 79.9. The molecule has 0 saturated carbocycles. The van der Waals surface area contributed by atoms with E-state index >= 15 is 0 Å². The Morgan fingerprint density at radius 3 is 2.78 bits per heavy atom. The summed E-state index contributed by atoms with van der Waals surface area (Å²) in [6.07, 6.45) is 1.40. The number of pyridine rings is 1. The standard InChI is InChI=1S/C12H7BrFN3O/c13-9-4-8(16)6-17-12(9)18-11-2-1-7(5-15)3-10(11)14/h1-4,6H,16H2. The normalized spacial score (nSPS) is 9.83. The summed E-state index contributed by atoms with van der Waals surface area (Å²) in [7, 11) is 0. The summed E-state index contributed by atoms with van der Waals surface area (Å²) >= 11 is 3.21. The van der Waals surface area contributed by atoms with Crippen LogP contribution in [0, 0.1) is 17.1 Å². The summed E-state index contributed by atoms with van der Waals surface area (Å²) in [5.74, 6) is -0.431. The number of nitrogens with two attached hydrogens (primary N) is 1. The van der Waals surface area contributed by atoms with E-state index in [1.807, 2.05) is 6.07 Å². The van der Waals surface area contributed by atoms with Gasteiger partial charge in [0, 0.05) is 0 Å². The van der Waals surface area contributed by atoms with E-state index in [0.717, 1.165) is 6.07 Å². The molecule has 90 valence electrons. The van der Waals surface area contributed by atoms with E-state index in [-0.39, 0.29) is 17.2 Å². The minimum atomic E-state index is -0.625. The molecular weight excluding hydrogens is 301 g/mol. The molecule has 0 radical (unpaired) electrons. The zero-order valence-corrected chi connectivity index (χ0v) is 10.6. The number of ether oxygens (including phenoxy) is 1.